The van der Waals surface area contributed by atoms with Gasteiger partial charge in [0.05, 0.1) is 11.0 Å². The van der Waals surface area contributed by atoms with Crippen LogP contribution in [-0.2, 0) is 6.61 Å². The summed E-state index contributed by atoms with van der Waals surface area (Å²) in [7, 11) is 0. The predicted molar refractivity (Wildman–Crippen MR) is 67.1 cm³/mol. The van der Waals surface area contributed by atoms with Crippen molar-refractivity contribution in [2.75, 3.05) is 0 Å². The maximum absolute atomic E-state index is 10.7. The molecule has 1 N–H and O–H groups in total. The summed E-state index contributed by atoms with van der Waals surface area (Å²) >= 11 is 0. The molecule has 0 amide bonds. The van der Waals surface area contributed by atoms with Gasteiger partial charge in [-0.05, 0) is 19.9 Å². The molecule has 1 atom stereocenters. The van der Waals surface area contributed by atoms with Gasteiger partial charge < -0.3 is 14.4 Å². The maximum atomic E-state index is 10.7. The Bertz CT molecular complexity index is 623. The molecule has 0 fully saturated rings. The number of hydrogen-bond donors (Lipinski definition) is 1. The number of nitro groups is 1. The van der Waals surface area contributed by atoms with Gasteiger partial charge >= 0.3 is 0 Å². The van der Waals surface area contributed by atoms with E-state index in [4.69, 9.17) is 9.26 Å². The number of ether oxygens (including phenoxy) is 1. The number of aliphatic hydroxyl groups is 1. The van der Waals surface area contributed by atoms with Crippen LogP contribution in [0.15, 0.2) is 22.7 Å². The molecule has 0 aliphatic carbocycles. The van der Waals surface area contributed by atoms with Gasteiger partial charge in [-0.25, -0.2) is 0 Å². The van der Waals surface area contributed by atoms with E-state index in [1.165, 1.54) is 25.1 Å². The van der Waals surface area contributed by atoms with Crippen LogP contribution in [0.3, 0.4) is 0 Å². The Balaban J connectivity index is 2.20. The number of nitro benzene ring substituents is 1. The first-order valence-corrected chi connectivity index (χ1v) is 5.85. The Labute approximate surface area is 114 Å². The summed E-state index contributed by atoms with van der Waals surface area (Å²) in [6.45, 7) is 3.21. The Morgan fingerprint density at radius 1 is 1.55 bits per heavy atom. The minimum absolute atomic E-state index is 0.0262. The lowest BCUT2D eigenvalue weighted by Crippen LogP contribution is -2.02. The first-order chi connectivity index (χ1) is 9.47. The molecule has 2 aromatic rings. The summed E-state index contributed by atoms with van der Waals surface area (Å²) in [6.07, 6.45) is -0.894. The van der Waals surface area contributed by atoms with Gasteiger partial charge in [0.15, 0.2) is 12.4 Å². The third-order valence-electron chi connectivity index (χ3n) is 2.58. The monoisotopic (exact) mass is 279 g/mol. The van der Waals surface area contributed by atoms with Crippen molar-refractivity contribution in [3.8, 4) is 5.75 Å². The van der Waals surface area contributed by atoms with Crippen LogP contribution < -0.4 is 4.74 Å². The summed E-state index contributed by atoms with van der Waals surface area (Å²) in [5, 5.41) is 24.0. The van der Waals surface area contributed by atoms with Crippen molar-refractivity contribution >= 4 is 5.69 Å². The summed E-state index contributed by atoms with van der Waals surface area (Å²) in [5.41, 5.74) is 0.220. The van der Waals surface area contributed by atoms with E-state index in [0.717, 1.165) is 0 Å². The molecule has 0 saturated heterocycles. The summed E-state index contributed by atoms with van der Waals surface area (Å²) in [6, 6.07) is 4.02. The molecule has 1 aromatic heterocycles. The number of rotatable bonds is 5. The van der Waals surface area contributed by atoms with E-state index in [1.54, 1.807) is 6.92 Å². The van der Waals surface area contributed by atoms with Crippen LogP contribution in [0.1, 0.15) is 30.3 Å². The summed E-state index contributed by atoms with van der Waals surface area (Å²) in [4.78, 5) is 14.2. The molecule has 8 nitrogen and oxygen atoms in total. The molecule has 2 rings (SSSR count). The Morgan fingerprint density at radius 2 is 2.30 bits per heavy atom. The molecule has 0 spiro atoms. The SMILES string of the molecule is Cc1noc(COc2ccc([N+](=O)[O-])cc2[C@H](C)O)n1. The smallest absolute Gasteiger partial charge is 0.270 e. The third-order valence-corrected chi connectivity index (χ3v) is 2.58. The van der Waals surface area contributed by atoms with E-state index in [2.05, 4.69) is 10.1 Å². The van der Waals surface area contributed by atoms with E-state index < -0.39 is 11.0 Å². The van der Waals surface area contributed by atoms with Crippen molar-refractivity contribution in [1.82, 2.24) is 10.1 Å². The fourth-order valence-corrected chi connectivity index (χ4v) is 1.65. The van der Waals surface area contributed by atoms with Crippen LogP contribution >= 0.6 is 0 Å². The maximum Gasteiger partial charge on any atom is 0.270 e. The largest absolute Gasteiger partial charge is 0.483 e. The first kappa shape index (κ1) is 13.9. The molecule has 8 heteroatoms. The van der Waals surface area contributed by atoms with E-state index in [9.17, 15) is 15.2 Å². The van der Waals surface area contributed by atoms with Crippen LogP contribution in [0, 0.1) is 17.0 Å². The van der Waals surface area contributed by atoms with E-state index in [-0.39, 0.29) is 18.2 Å². The Kier molecular flexibility index (Phi) is 3.94. The van der Waals surface area contributed by atoms with Crippen molar-refractivity contribution in [2.24, 2.45) is 0 Å². The zero-order chi connectivity index (χ0) is 14.7. The van der Waals surface area contributed by atoms with Gasteiger partial charge in [0.1, 0.15) is 5.75 Å². The average molecular weight is 279 g/mol. The molecule has 106 valence electrons. The highest BCUT2D eigenvalue weighted by molar-refractivity contribution is 5.44. The minimum atomic E-state index is -0.894. The van der Waals surface area contributed by atoms with Crippen molar-refractivity contribution < 1.29 is 19.3 Å². The van der Waals surface area contributed by atoms with Crippen molar-refractivity contribution in [1.29, 1.82) is 0 Å². The normalized spacial score (nSPS) is 12.2. The molecule has 0 aliphatic heterocycles. The van der Waals surface area contributed by atoms with Gasteiger partial charge in [-0.2, -0.15) is 4.98 Å². The molecule has 0 unspecified atom stereocenters. The molecule has 0 bridgehead atoms. The molecule has 0 aliphatic rings. The molecular formula is C12H13N3O5. The second kappa shape index (κ2) is 5.66. The number of hydrogen-bond acceptors (Lipinski definition) is 7. The lowest BCUT2D eigenvalue weighted by Gasteiger charge is -2.11. The summed E-state index contributed by atoms with van der Waals surface area (Å²) in [5.74, 6) is 1.11. The number of nitrogens with zero attached hydrogens (tertiary/aromatic N) is 3. The number of non-ortho nitro benzene ring substituents is 1. The van der Waals surface area contributed by atoms with Crippen LogP contribution in [0.2, 0.25) is 0 Å². The van der Waals surface area contributed by atoms with Crippen LogP contribution in [-0.4, -0.2) is 20.2 Å². The van der Waals surface area contributed by atoms with E-state index >= 15 is 0 Å². The van der Waals surface area contributed by atoms with Crippen LogP contribution in [0.5, 0.6) is 5.75 Å². The number of aromatic nitrogens is 2. The molecule has 20 heavy (non-hydrogen) atoms. The van der Waals surface area contributed by atoms with Crippen molar-refractivity contribution in [2.45, 2.75) is 26.6 Å². The minimum Gasteiger partial charge on any atom is -0.483 e. The third kappa shape index (κ3) is 3.09. The molecule has 0 saturated carbocycles. The standard InChI is InChI=1S/C12H13N3O5/c1-7(16)10-5-9(15(17)18)3-4-11(10)19-6-12-13-8(2)14-20-12/h3-5,7,16H,6H2,1-2H3/t7-/m0/s1. The highest BCUT2D eigenvalue weighted by Gasteiger charge is 2.16. The van der Waals surface area contributed by atoms with E-state index in [0.29, 0.717) is 17.1 Å². The molecular weight excluding hydrogens is 266 g/mol. The zero-order valence-corrected chi connectivity index (χ0v) is 10.9. The fraction of sp³-hybridized carbons (Fsp3) is 0.333. The predicted octanol–water partition coefficient (Wildman–Crippen LogP) is 1.92. The number of aryl methyl sites for hydroxylation is 1. The summed E-state index contributed by atoms with van der Waals surface area (Å²) < 4.78 is 10.3. The highest BCUT2D eigenvalue weighted by atomic mass is 16.6. The van der Waals surface area contributed by atoms with Gasteiger partial charge in [0, 0.05) is 17.7 Å². The van der Waals surface area contributed by atoms with Crippen molar-refractivity contribution in [3.63, 3.8) is 0 Å². The highest BCUT2D eigenvalue weighted by Crippen LogP contribution is 2.29. The second-order valence-electron chi connectivity index (χ2n) is 4.18. The Morgan fingerprint density at radius 3 is 2.85 bits per heavy atom. The van der Waals surface area contributed by atoms with E-state index in [1.807, 2.05) is 0 Å². The van der Waals surface area contributed by atoms with Gasteiger partial charge in [0.2, 0.25) is 0 Å². The van der Waals surface area contributed by atoms with Gasteiger partial charge in [-0.3, -0.25) is 10.1 Å². The Hall–Kier alpha value is -2.48. The first-order valence-electron chi connectivity index (χ1n) is 5.85. The number of aliphatic hydroxyl groups excluding tert-OH is 1. The quantitative estimate of drug-likeness (QED) is 0.657. The van der Waals surface area contributed by atoms with Gasteiger partial charge in [0.25, 0.3) is 11.6 Å². The van der Waals surface area contributed by atoms with Gasteiger partial charge in [-0.15, -0.1) is 0 Å². The molecule has 1 aromatic carbocycles. The lowest BCUT2D eigenvalue weighted by atomic mass is 10.1. The topological polar surface area (TPSA) is 112 Å². The van der Waals surface area contributed by atoms with Crippen molar-refractivity contribution in [3.05, 3.63) is 45.6 Å². The average Bonchev–Trinajstić information content (AvgIpc) is 2.81. The van der Waals surface area contributed by atoms with Crippen LogP contribution in [0.25, 0.3) is 0 Å². The fourth-order valence-electron chi connectivity index (χ4n) is 1.65. The lowest BCUT2D eigenvalue weighted by molar-refractivity contribution is -0.385. The van der Waals surface area contributed by atoms with Crippen LogP contribution in [0.4, 0.5) is 5.69 Å². The zero-order valence-electron chi connectivity index (χ0n) is 10.9. The molecule has 1 heterocycles. The van der Waals surface area contributed by atoms with Gasteiger partial charge in [-0.1, -0.05) is 5.16 Å². The number of benzene rings is 1. The molecule has 0 radical (unpaired) electrons. The second-order valence-corrected chi connectivity index (χ2v) is 4.18.